The van der Waals surface area contributed by atoms with Crippen molar-refractivity contribution in [1.29, 1.82) is 0 Å². The highest BCUT2D eigenvalue weighted by Gasteiger charge is 2.06. The number of oxime groups is 1. The van der Waals surface area contributed by atoms with Crippen LogP contribution >= 0.6 is 0 Å². The van der Waals surface area contributed by atoms with Crippen molar-refractivity contribution in [2.24, 2.45) is 5.16 Å². The zero-order chi connectivity index (χ0) is 16.1. The first-order chi connectivity index (χ1) is 11.3. The molecule has 0 fully saturated rings. The lowest BCUT2D eigenvalue weighted by molar-refractivity contribution is 0.132. The summed E-state index contributed by atoms with van der Waals surface area (Å²) in [6, 6.07) is 18.1. The van der Waals surface area contributed by atoms with Gasteiger partial charge in [0.15, 0.2) is 0 Å². The Hall–Kier alpha value is -2.88. The van der Waals surface area contributed by atoms with Gasteiger partial charge in [0.1, 0.15) is 18.2 Å². The Balaban J connectivity index is 1.78. The van der Waals surface area contributed by atoms with Crippen LogP contribution in [0.4, 0.5) is 4.39 Å². The molecule has 116 valence electrons. The molecule has 3 nitrogen and oxygen atoms in total. The smallest absolute Gasteiger partial charge is 0.142 e. The van der Waals surface area contributed by atoms with Crippen molar-refractivity contribution in [3.63, 3.8) is 0 Å². The molecule has 0 aliphatic heterocycles. The average Bonchev–Trinajstić information content (AvgIpc) is 2.60. The lowest BCUT2D eigenvalue weighted by atomic mass is 10.0. The van der Waals surface area contributed by atoms with Crippen LogP contribution in [0.2, 0.25) is 0 Å². The molecule has 0 atom stereocenters. The summed E-state index contributed by atoms with van der Waals surface area (Å²) >= 11 is 0. The molecule has 0 aliphatic rings. The van der Waals surface area contributed by atoms with Crippen molar-refractivity contribution in [3.8, 4) is 5.75 Å². The second kappa shape index (κ2) is 6.92. The number of hydrogen-bond donors (Lipinski definition) is 0. The van der Waals surface area contributed by atoms with Crippen LogP contribution in [0.5, 0.6) is 5.75 Å². The fourth-order valence-corrected chi connectivity index (χ4v) is 2.37. The van der Waals surface area contributed by atoms with Gasteiger partial charge in [0.25, 0.3) is 0 Å². The summed E-state index contributed by atoms with van der Waals surface area (Å²) in [6.07, 6.45) is 1.64. The van der Waals surface area contributed by atoms with Crippen LogP contribution in [0.3, 0.4) is 0 Å². The van der Waals surface area contributed by atoms with Gasteiger partial charge < -0.3 is 9.57 Å². The molecule has 0 aliphatic carbocycles. The van der Waals surface area contributed by atoms with Crippen LogP contribution in [0.15, 0.2) is 65.8 Å². The van der Waals surface area contributed by atoms with E-state index in [1.807, 2.05) is 36.4 Å². The number of benzene rings is 3. The van der Waals surface area contributed by atoms with Crippen LogP contribution in [0.1, 0.15) is 11.1 Å². The lowest BCUT2D eigenvalue weighted by Crippen LogP contribution is -1.94. The Morgan fingerprint density at radius 2 is 1.78 bits per heavy atom. The first-order valence-corrected chi connectivity index (χ1v) is 7.23. The summed E-state index contributed by atoms with van der Waals surface area (Å²) in [7, 11) is 1.63. The van der Waals surface area contributed by atoms with Crippen LogP contribution in [0, 0.1) is 5.82 Å². The molecule has 23 heavy (non-hydrogen) atoms. The van der Waals surface area contributed by atoms with Gasteiger partial charge in [-0.2, -0.15) is 0 Å². The maximum atomic E-state index is 12.8. The summed E-state index contributed by atoms with van der Waals surface area (Å²) in [6.45, 7) is 0.282. The first kappa shape index (κ1) is 15.0. The molecule has 3 rings (SSSR count). The zero-order valence-corrected chi connectivity index (χ0v) is 12.7. The van der Waals surface area contributed by atoms with E-state index in [9.17, 15) is 4.39 Å². The Bertz CT molecular complexity index is 828. The number of fused-ring (bicyclic) bond motifs is 1. The number of nitrogens with zero attached hydrogens (tertiary/aromatic N) is 1. The van der Waals surface area contributed by atoms with E-state index < -0.39 is 0 Å². The molecule has 0 radical (unpaired) electrons. The van der Waals surface area contributed by atoms with Crippen LogP contribution in [-0.2, 0) is 11.4 Å². The summed E-state index contributed by atoms with van der Waals surface area (Å²) < 4.78 is 18.2. The van der Waals surface area contributed by atoms with Gasteiger partial charge in [-0.3, -0.25) is 0 Å². The first-order valence-electron chi connectivity index (χ1n) is 7.23. The van der Waals surface area contributed by atoms with Crippen molar-refractivity contribution in [1.82, 2.24) is 0 Å². The molecule has 0 heterocycles. The van der Waals surface area contributed by atoms with Crippen molar-refractivity contribution in [3.05, 3.63) is 77.6 Å². The molecule has 3 aromatic carbocycles. The SMILES string of the molecule is COc1ccc2ccccc2c1/C=N/OCc1ccc(F)cc1. The standard InChI is InChI=1S/C19H16FNO2/c1-22-19-11-8-15-4-2-3-5-17(15)18(19)12-21-23-13-14-6-9-16(20)10-7-14/h2-12H,13H2,1H3/b21-12+. The van der Waals surface area contributed by atoms with E-state index >= 15 is 0 Å². The van der Waals surface area contributed by atoms with Gasteiger partial charge in [0.05, 0.1) is 13.3 Å². The second-order valence-electron chi connectivity index (χ2n) is 5.04. The predicted octanol–water partition coefficient (Wildman–Crippen LogP) is 4.54. The van der Waals surface area contributed by atoms with E-state index in [2.05, 4.69) is 5.16 Å². The number of halogens is 1. The van der Waals surface area contributed by atoms with E-state index in [0.717, 1.165) is 27.6 Å². The van der Waals surface area contributed by atoms with Gasteiger partial charge in [-0.05, 0) is 34.5 Å². The van der Waals surface area contributed by atoms with Gasteiger partial charge in [0.2, 0.25) is 0 Å². The normalized spacial score (nSPS) is 11.0. The lowest BCUT2D eigenvalue weighted by Gasteiger charge is -2.08. The Labute approximate surface area is 134 Å². The van der Waals surface area contributed by atoms with E-state index in [1.165, 1.54) is 12.1 Å². The fourth-order valence-electron chi connectivity index (χ4n) is 2.37. The van der Waals surface area contributed by atoms with E-state index in [4.69, 9.17) is 9.57 Å². The van der Waals surface area contributed by atoms with Gasteiger partial charge in [-0.25, -0.2) is 4.39 Å². The minimum atomic E-state index is -0.266. The minimum Gasteiger partial charge on any atom is -0.496 e. The number of methoxy groups -OCH3 is 1. The Kier molecular flexibility index (Phi) is 4.52. The molecule has 3 aromatic rings. The van der Waals surface area contributed by atoms with Crippen molar-refractivity contribution in [2.75, 3.05) is 7.11 Å². The van der Waals surface area contributed by atoms with Gasteiger partial charge in [0, 0.05) is 5.56 Å². The number of hydrogen-bond acceptors (Lipinski definition) is 3. The number of rotatable bonds is 5. The average molecular weight is 309 g/mol. The quantitative estimate of drug-likeness (QED) is 0.512. The maximum absolute atomic E-state index is 12.8. The molecular formula is C19H16FNO2. The summed E-state index contributed by atoms with van der Waals surface area (Å²) in [5.41, 5.74) is 1.72. The molecule has 0 aromatic heterocycles. The molecule has 0 saturated heterocycles. The third-order valence-electron chi connectivity index (χ3n) is 3.55. The molecule has 0 amide bonds. The van der Waals surface area contributed by atoms with Gasteiger partial charge >= 0.3 is 0 Å². The summed E-state index contributed by atoms with van der Waals surface area (Å²) in [4.78, 5) is 5.30. The molecular weight excluding hydrogens is 293 g/mol. The largest absolute Gasteiger partial charge is 0.496 e. The van der Waals surface area contributed by atoms with Crippen LogP contribution in [0.25, 0.3) is 10.8 Å². The van der Waals surface area contributed by atoms with Crippen LogP contribution in [-0.4, -0.2) is 13.3 Å². The second-order valence-corrected chi connectivity index (χ2v) is 5.04. The summed E-state index contributed by atoms with van der Waals surface area (Å²) in [5.74, 6) is 0.468. The van der Waals surface area contributed by atoms with E-state index in [0.29, 0.717) is 0 Å². The van der Waals surface area contributed by atoms with Crippen molar-refractivity contribution >= 4 is 17.0 Å². The molecule has 0 spiro atoms. The van der Waals surface area contributed by atoms with Crippen molar-refractivity contribution in [2.45, 2.75) is 6.61 Å². The third kappa shape index (κ3) is 3.48. The van der Waals surface area contributed by atoms with Gasteiger partial charge in [-0.1, -0.05) is 47.6 Å². The topological polar surface area (TPSA) is 30.8 Å². The van der Waals surface area contributed by atoms with Crippen molar-refractivity contribution < 1.29 is 14.0 Å². The molecule has 4 heteroatoms. The highest BCUT2D eigenvalue weighted by Crippen LogP contribution is 2.26. The summed E-state index contributed by atoms with van der Waals surface area (Å²) in [5, 5.41) is 6.17. The van der Waals surface area contributed by atoms with Crippen LogP contribution < -0.4 is 4.74 Å². The van der Waals surface area contributed by atoms with Gasteiger partial charge in [-0.15, -0.1) is 0 Å². The Morgan fingerprint density at radius 3 is 2.57 bits per heavy atom. The Morgan fingerprint density at radius 1 is 1.00 bits per heavy atom. The van der Waals surface area contributed by atoms with E-state index in [1.54, 1.807) is 25.5 Å². The predicted molar refractivity (Wildman–Crippen MR) is 89.3 cm³/mol. The molecule has 0 saturated carbocycles. The molecule has 0 N–H and O–H groups in total. The number of ether oxygens (including phenoxy) is 1. The third-order valence-corrected chi connectivity index (χ3v) is 3.55. The minimum absolute atomic E-state index is 0.266. The maximum Gasteiger partial charge on any atom is 0.142 e. The zero-order valence-electron chi connectivity index (χ0n) is 12.7. The van der Waals surface area contributed by atoms with E-state index in [-0.39, 0.29) is 12.4 Å². The highest BCUT2D eigenvalue weighted by atomic mass is 19.1. The monoisotopic (exact) mass is 309 g/mol. The molecule has 0 unspecified atom stereocenters. The fraction of sp³-hybridized carbons (Fsp3) is 0.105. The highest BCUT2D eigenvalue weighted by molar-refractivity contribution is 6.02. The molecule has 0 bridgehead atoms.